The van der Waals surface area contributed by atoms with E-state index in [1.165, 1.54) is 6.07 Å². The zero-order chi connectivity index (χ0) is 15.6. The molecule has 0 amide bonds. The van der Waals surface area contributed by atoms with Crippen molar-refractivity contribution in [2.24, 2.45) is 0 Å². The Morgan fingerprint density at radius 2 is 1.95 bits per heavy atom. The lowest BCUT2D eigenvalue weighted by molar-refractivity contribution is -0.137. The number of alkyl halides is 3. The van der Waals surface area contributed by atoms with Crippen molar-refractivity contribution in [2.75, 3.05) is 0 Å². The van der Waals surface area contributed by atoms with Gasteiger partial charge in [-0.05, 0) is 24.6 Å². The van der Waals surface area contributed by atoms with E-state index in [1.807, 2.05) is 0 Å². The maximum absolute atomic E-state index is 12.4. The van der Waals surface area contributed by atoms with Gasteiger partial charge in [0, 0.05) is 12.3 Å². The summed E-state index contributed by atoms with van der Waals surface area (Å²) in [6, 6.07) is 6.38. The quantitative estimate of drug-likeness (QED) is 0.933. The molecule has 0 radical (unpaired) electrons. The largest absolute Gasteiger partial charge is 0.478 e. The number of ether oxygens (including phenoxy) is 1. The SMILES string of the molecule is Cc1cccc(C(=O)O)c1Oc1ccc(C(F)(F)F)cn1. The Morgan fingerprint density at radius 3 is 2.48 bits per heavy atom. The highest BCUT2D eigenvalue weighted by Gasteiger charge is 2.30. The van der Waals surface area contributed by atoms with E-state index in [0.717, 1.165) is 12.1 Å². The van der Waals surface area contributed by atoms with E-state index in [1.54, 1.807) is 19.1 Å². The van der Waals surface area contributed by atoms with Gasteiger partial charge in [0.05, 0.1) is 5.56 Å². The molecule has 2 aromatic rings. The Labute approximate surface area is 117 Å². The molecule has 1 aromatic heterocycles. The predicted molar refractivity (Wildman–Crippen MR) is 67.5 cm³/mol. The van der Waals surface area contributed by atoms with E-state index in [2.05, 4.69) is 4.98 Å². The summed E-state index contributed by atoms with van der Waals surface area (Å²) in [4.78, 5) is 14.6. The molecule has 0 bridgehead atoms. The van der Waals surface area contributed by atoms with Crippen LogP contribution >= 0.6 is 0 Å². The summed E-state index contributed by atoms with van der Waals surface area (Å²) in [5, 5.41) is 9.07. The lowest BCUT2D eigenvalue weighted by Gasteiger charge is -2.11. The van der Waals surface area contributed by atoms with E-state index >= 15 is 0 Å². The molecule has 0 saturated carbocycles. The maximum Gasteiger partial charge on any atom is 0.417 e. The standard InChI is InChI=1S/C14H10F3NO3/c1-8-3-2-4-10(13(19)20)12(8)21-11-6-5-9(7-18-11)14(15,16)17/h2-7H,1H3,(H,19,20). The number of halogens is 3. The van der Waals surface area contributed by atoms with Gasteiger partial charge < -0.3 is 9.84 Å². The first-order chi connectivity index (χ1) is 9.79. The first kappa shape index (κ1) is 14.8. The lowest BCUT2D eigenvalue weighted by Crippen LogP contribution is -2.06. The van der Waals surface area contributed by atoms with Crippen molar-refractivity contribution in [3.63, 3.8) is 0 Å². The minimum Gasteiger partial charge on any atom is -0.478 e. The minimum absolute atomic E-state index is 0.0530. The molecule has 110 valence electrons. The number of aromatic carboxylic acids is 1. The smallest absolute Gasteiger partial charge is 0.417 e. The van der Waals surface area contributed by atoms with E-state index in [9.17, 15) is 18.0 Å². The Morgan fingerprint density at radius 1 is 1.24 bits per heavy atom. The second-order valence-corrected chi connectivity index (χ2v) is 4.24. The molecular weight excluding hydrogens is 287 g/mol. The number of carboxylic acid groups (broad SMARTS) is 1. The van der Waals surface area contributed by atoms with Crippen LogP contribution in [0.2, 0.25) is 0 Å². The molecule has 0 fully saturated rings. The zero-order valence-corrected chi connectivity index (χ0v) is 10.8. The highest BCUT2D eigenvalue weighted by atomic mass is 19.4. The fourth-order valence-electron chi connectivity index (χ4n) is 1.67. The van der Waals surface area contributed by atoms with Gasteiger partial charge in [-0.1, -0.05) is 12.1 Å². The van der Waals surface area contributed by atoms with Crippen LogP contribution in [-0.4, -0.2) is 16.1 Å². The van der Waals surface area contributed by atoms with E-state index in [-0.39, 0.29) is 17.2 Å². The van der Waals surface area contributed by atoms with Gasteiger partial charge in [0.1, 0.15) is 11.3 Å². The van der Waals surface area contributed by atoms with Crippen molar-refractivity contribution in [1.29, 1.82) is 0 Å². The molecule has 2 rings (SSSR count). The minimum atomic E-state index is -4.49. The normalized spacial score (nSPS) is 11.2. The third-order valence-corrected chi connectivity index (χ3v) is 2.71. The van der Waals surface area contributed by atoms with Gasteiger partial charge in [-0.15, -0.1) is 0 Å². The summed E-state index contributed by atoms with van der Waals surface area (Å²) in [5.41, 5.74) is -0.452. The highest BCUT2D eigenvalue weighted by Crippen LogP contribution is 2.31. The van der Waals surface area contributed by atoms with Gasteiger partial charge in [-0.3, -0.25) is 0 Å². The molecule has 1 aromatic carbocycles. The van der Waals surface area contributed by atoms with Crippen LogP contribution in [0.15, 0.2) is 36.5 Å². The van der Waals surface area contributed by atoms with Crippen LogP contribution in [0, 0.1) is 6.92 Å². The molecule has 21 heavy (non-hydrogen) atoms. The fraction of sp³-hybridized carbons (Fsp3) is 0.143. The number of aryl methyl sites for hydroxylation is 1. The number of pyridine rings is 1. The lowest BCUT2D eigenvalue weighted by atomic mass is 10.1. The Balaban J connectivity index is 2.33. The predicted octanol–water partition coefficient (Wildman–Crippen LogP) is 3.90. The van der Waals surface area contributed by atoms with E-state index in [0.29, 0.717) is 11.8 Å². The van der Waals surface area contributed by atoms with Crippen LogP contribution in [-0.2, 0) is 6.18 Å². The molecular formula is C14H10F3NO3. The fourth-order valence-corrected chi connectivity index (χ4v) is 1.67. The first-order valence-electron chi connectivity index (χ1n) is 5.83. The number of benzene rings is 1. The zero-order valence-electron chi connectivity index (χ0n) is 10.8. The molecule has 0 atom stereocenters. The van der Waals surface area contributed by atoms with Crippen LogP contribution in [0.3, 0.4) is 0 Å². The van der Waals surface area contributed by atoms with E-state index in [4.69, 9.17) is 9.84 Å². The summed E-state index contributed by atoms with van der Waals surface area (Å²) in [7, 11) is 0. The Hall–Kier alpha value is -2.57. The summed E-state index contributed by atoms with van der Waals surface area (Å²) in [6.45, 7) is 1.63. The van der Waals surface area contributed by atoms with Crippen molar-refractivity contribution in [2.45, 2.75) is 13.1 Å². The van der Waals surface area contributed by atoms with Gasteiger partial charge in [0.25, 0.3) is 0 Å². The average Bonchev–Trinajstić information content (AvgIpc) is 2.40. The molecule has 0 aliphatic heterocycles. The third kappa shape index (κ3) is 3.31. The van der Waals surface area contributed by atoms with Gasteiger partial charge in [0.15, 0.2) is 0 Å². The second kappa shape index (κ2) is 5.43. The van der Waals surface area contributed by atoms with Crippen LogP contribution < -0.4 is 4.74 Å². The molecule has 4 nitrogen and oxygen atoms in total. The summed E-state index contributed by atoms with van der Waals surface area (Å²) in [6.07, 6.45) is -3.85. The Bertz CT molecular complexity index is 666. The summed E-state index contributed by atoms with van der Waals surface area (Å²) < 4.78 is 42.6. The molecule has 1 heterocycles. The number of carboxylic acids is 1. The van der Waals surface area contributed by atoms with Crippen molar-refractivity contribution in [3.8, 4) is 11.6 Å². The van der Waals surface area contributed by atoms with Crippen LogP contribution in [0.5, 0.6) is 11.6 Å². The monoisotopic (exact) mass is 297 g/mol. The number of para-hydroxylation sites is 1. The summed E-state index contributed by atoms with van der Waals surface area (Å²) >= 11 is 0. The summed E-state index contributed by atoms with van der Waals surface area (Å²) in [5.74, 6) is -1.25. The number of aromatic nitrogens is 1. The van der Waals surface area contributed by atoms with Gasteiger partial charge in [0.2, 0.25) is 5.88 Å². The maximum atomic E-state index is 12.4. The van der Waals surface area contributed by atoms with E-state index < -0.39 is 17.7 Å². The second-order valence-electron chi connectivity index (χ2n) is 4.24. The molecule has 0 spiro atoms. The number of rotatable bonds is 3. The van der Waals surface area contributed by atoms with Crippen molar-refractivity contribution >= 4 is 5.97 Å². The highest BCUT2D eigenvalue weighted by molar-refractivity contribution is 5.91. The van der Waals surface area contributed by atoms with Gasteiger partial charge in [-0.2, -0.15) is 13.2 Å². The number of carbonyl (C=O) groups is 1. The molecule has 7 heteroatoms. The van der Waals surface area contributed by atoms with Gasteiger partial charge >= 0.3 is 12.1 Å². The first-order valence-corrected chi connectivity index (χ1v) is 5.83. The number of hydrogen-bond acceptors (Lipinski definition) is 3. The molecule has 1 N–H and O–H groups in total. The molecule has 0 aliphatic rings. The van der Waals surface area contributed by atoms with Crippen LogP contribution in [0.25, 0.3) is 0 Å². The number of nitrogens with zero attached hydrogens (tertiary/aromatic N) is 1. The Kier molecular flexibility index (Phi) is 3.84. The number of hydrogen-bond donors (Lipinski definition) is 1. The molecule has 0 saturated heterocycles. The van der Waals surface area contributed by atoms with Crippen LogP contribution in [0.4, 0.5) is 13.2 Å². The third-order valence-electron chi connectivity index (χ3n) is 2.71. The van der Waals surface area contributed by atoms with Crippen molar-refractivity contribution < 1.29 is 27.8 Å². The van der Waals surface area contributed by atoms with Gasteiger partial charge in [-0.25, -0.2) is 9.78 Å². The molecule has 0 unspecified atom stereocenters. The topological polar surface area (TPSA) is 59.4 Å². The van der Waals surface area contributed by atoms with Crippen LogP contribution in [0.1, 0.15) is 21.5 Å². The van der Waals surface area contributed by atoms with Crippen molar-refractivity contribution in [1.82, 2.24) is 4.98 Å². The average molecular weight is 297 g/mol. The van der Waals surface area contributed by atoms with Crippen molar-refractivity contribution in [3.05, 3.63) is 53.2 Å². The molecule has 0 aliphatic carbocycles.